The van der Waals surface area contributed by atoms with Crippen LogP contribution in [0.3, 0.4) is 0 Å². The van der Waals surface area contributed by atoms with Crippen LogP contribution in [0.5, 0.6) is 0 Å². The number of carbonyl (C=O) groups is 1. The van der Waals surface area contributed by atoms with E-state index in [9.17, 15) is 4.79 Å². The number of hydrogen-bond acceptors (Lipinski definition) is 4. The summed E-state index contributed by atoms with van der Waals surface area (Å²) in [4.78, 5) is 24.7. The molecule has 0 bridgehead atoms. The molecule has 6 nitrogen and oxygen atoms in total. The van der Waals surface area contributed by atoms with Gasteiger partial charge in [0.2, 0.25) is 0 Å². The summed E-state index contributed by atoms with van der Waals surface area (Å²) in [5, 5.41) is 3.21. The Morgan fingerprint density at radius 2 is 2.16 bits per heavy atom. The predicted octanol–water partition coefficient (Wildman–Crippen LogP) is 1.68. The van der Waals surface area contributed by atoms with Gasteiger partial charge < -0.3 is 15.2 Å². The number of rotatable bonds is 4. The van der Waals surface area contributed by atoms with Crippen LogP contribution in [0.15, 0.2) is 30.7 Å². The highest BCUT2D eigenvalue weighted by atomic mass is 16.2. The number of amides is 1. The van der Waals surface area contributed by atoms with E-state index >= 15 is 0 Å². The van der Waals surface area contributed by atoms with E-state index in [1.54, 1.807) is 44.8 Å². The lowest BCUT2D eigenvalue weighted by Crippen LogP contribution is -2.21. The van der Waals surface area contributed by atoms with Crippen molar-refractivity contribution in [1.29, 1.82) is 0 Å². The maximum absolute atomic E-state index is 11.7. The van der Waals surface area contributed by atoms with E-state index in [4.69, 9.17) is 0 Å². The molecular formula is C13H17N5O. The van der Waals surface area contributed by atoms with Crippen molar-refractivity contribution in [2.24, 2.45) is 0 Å². The number of aromatic amines is 1. The molecule has 0 aliphatic rings. The standard InChI is InChI=1S/C13H17N5O/c1-9(12-14-6-7-15-12)17-11-5-4-10(8-16-11)13(19)18(2)3/h4-9H,1-3H3,(H,14,15)(H,16,17). The SMILES string of the molecule is CC(Nc1ccc(C(=O)N(C)C)cn1)c1ncc[nH]1. The van der Waals surface area contributed by atoms with Crippen molar-refractivity contribution >= 4 is 11.7 Å². The number of imidazole rings is 1. The van der Waals surface area contributed by atoms with E-state index in [1.807, 2.05) is 6.92 Å². The summed E-state index contributed by atoms with van der Waals surface area (Å²) in [5.74, 6) is 1.49. The number of hydrogen-bond donors (Lipinski definition) is 2. The third kappa shape index (κ3) is 3.09. The summed E-state index contributed by atoms with van der Waals surface area (Å²) >= 11 is 0. The monoisotopic (exact) mass is 259 g/mol. The first-order valence-electron chi connectivity index (χ1n) is 6.01. The van der Waals surface area contributed by atoms with Crippen molar-refractivity contribution in [3.8, 4) is 0 Å². The van der Waals surface area contributed by atoms with Crippen LogP contribution in [0, 0.1) is 0 Å². The van der Waals surface area contributed by atoms with Crippen LogP contribution in [-0.2, 0) is 0 Å². The molecular weight excluding hydrogens is 242 g/mol. The number of nitrogens with one attached hydrogen (secondary N) is 2. The minimum absolute atomic E-state index is 0.0258. The second-order valence-corrected chi connectivity index (χ2v) is 4.47. The summed E-state index contributed by atoms with van der Waals surface area (Å²) in [6, 6.07) is 3.57. The molecule has 0 aliphatic heterocycles. The van der Waals surface area contributed by atoms with Crippen LogP contribution in [0.1, 0.15) is 29.1 Å². The highest BCUT2D eigenvalue weighted by molar-refractivity contribution is 5.93. The molecule has 2 aromatic heterocycles. The first kappa shape index (κ1) is 13.1. The number of H-pyrrole nitrogens is 1. The van der Waals surface area contributed by atoms with Gasteiger partial charge in [-0.25, -0.2) is 9.97 Å². The summed E-state index contributed by atoms with van der Waals surface area (Å²) in [6.07, 6.45) is 5.05. The fraction of sp³-hybridized carbons (Fsp3) is 0.308. The number of aromatic nitrogens is 3. The Morgan fingerprint density at radius 1 is 1.37 bits per heavy atom. The Hall–Kier alpha value is -2.37. The molecule has 0 saturated carbocycles. The second-order valence-electron chi connectivity index (χ2n) is 4.47. The molecule has 2 aromatic rings. The van der Waals surface area contributed by atoms with Crippen LogP contribution in [0.2, 0.25) is 0 Å². The maximum atomic E-state index is 11.7. The van der Waals surface area contributed by atoms with Crippen molar-refractivity contribution in [3.63, 3.8) is 0 Å². The highest BCUT2D eigenvalue weighted by Gasteiger charge is 2.10. The summed E-state index contributed by atoms with van der Waals surface area (Å²) < 4.78 is 0. The number of anilines is 1. The Balaban J connectivity index is 2.05. The highest BCUT2D eigenvalue weighted by Crippen LogP contribution is 2.14. The largest absolute Gasteiger partial charge is 0.360 e. The molecule has 2 rings (SSSR count). The minimum atomic E-state index is -0.0573. The lowest BCUT2D eigenvalue weighted by molar-refractivity contribution is 0.0827. The molecule has 0 fully saturated rings. The van der Waals surface area contributed by atoms with Gasteiger partial charge in [-0.3, -0.25) is 4.79 Å². The van der Waals surface area contributed by atoms with Crippen molar-refractivity contribution in [2.75, 3.05) is 19.4 Å². The van der Waals surface area contributed by atoms with E-state index in [-0.39, 0.29) is 11.9 Å². The lowest BCUT2D eigenvalue weighted by Gasteiger charge is -2.13. The molecule has 100 valence electrons. The zero-order valence-corrected chi connectivity index (χ0v) is 11.2. The normalized spacial score (nSPS) is 11.9. The molecule has 0 radical (unpaired) electrons. The number of carbonyl (C=O) groups excluding carboxylic acids is 1. The van der Waals surface area contributed by atoms with Gasteiger partial charge in [0.05, 0.1) is 11.6 Å². The van der Waals surface area contributed by atoms with Crippen LogP contribution < -0.4 is 5.32 Å². The average Bonchev–Trinajstić information content (AvgIpc) is 2.92. The van der Waals surface area contributed by atoms with Gasteiger partial charge in [0.1, 0.15) is 11.6 Å². The van der Waals surface area contributed by atoms with Crippen molar-refractivity contribution in [1.82, 2.24) is 19.9 Å². The Bertz CT molecular complexity index is 533. The first-order chi connectivity index (χ1) is 9.08. The fourth-order valence-corrected chi connectivity index (χ4v) is 1.67. The van der Waals surface area contributed by atoms with Gasteiger partial charge in [-0.05, 0) is 19.1 Å². The van der Waals surface area contributed by atoms with Gasteiger partial charge in [0.15, 0.2) is 0 Å². The van der Waals surface area contributed by atoms with E-state index in [2.05, 4.69) is 20.3 Å². The van der Waals surface area contributed by atoms with E-state index in [0.717, 1.165) is 5.82 Å². The molecule has 2 heterocycles. The molecule has 1 amide bonds. The molecule has 2 N–H and O–H groups in total. The molecule has 0 spiro atoms. The molecule has 0 aliphatic carbocycles. The van der Waals surface area contributed by atoms with E-state index < -0.39 is 0 Å². The Morgan fingerprint density at radius 3 is 2.68 bits per heavy atom. The van der Waals surface area contributed by atoms with Gasteiger partial charge in [-0.15, -0.1) is 0 Å². The first-order valence-corrected chi connectivity index (χ1v) is 6.01. The molecule has 6 heteroatoms. The quantitative estimate of drug-likeness (QED) is 0.876. The molecule has 1 unspecified atom stereocenters. The van der Waals surface area contributed by atoms with Crippen LogP contribution in [0.4, 0.5) is 5.82 Å². The molecule has 1 atom stereocenters. The lowest BCUT2D eigenvalue weighted by atomic mass is 10.2. The van der Waals surface area contributed by atoms with Crippen molar-refractivity contribution in [2.45, 2.75) is 13.0 Å². The van der Waals surface area contributed by atoms with Crippen molar-refractivity contribution < 1.29 is 4.79 Å². The predicted molar refractivity (Wildman–Crippen MR) is 72.9 cm³/mol. The van der Waals surface area contributed by atoms with Crippen molar-refractivity contribution in [3.05, 3.63) is 42.1 Å². The van der Waals surface area contributed by atoms with Gasteiger partial charge in [-0.2, -0.15) is 0 Å². The molecule has 0 aromatic carbocycles. The van der Waals surface area contributed by atoms with Crippen LogP contribution in [-0.4, -0.2) is 39.9 Å². The third-order valence-corrected chi connectivity index (χ3v) is 2.71. The maximum Gasteiger partial charge on any atom is 0.254 e. The average molecular weight is 259 g/mol. The number of pyridine rings is 1. The molecule has 19 heavy (non-hydrogen) atoms. The van der Waals surface area contributed by atoms with E-state index in [0.29, 0.717) is 11.4 Å². The van der Waals surface area contributed by atoms with Crippen LogP contribution in [0.25, 0.3) is 0 Å². The summed E-state index contributed by atoms with van der Waals surface area (Å²) in [7, 11) is 3.43. The zero-order valence-electron chi connectivity index (χ0n) is 11.2. The van der Waals surface area contributed by atoms with Crippen LogP contribution >= 0.6 is 0 Å². The van der Waals surface area contributed by atoms with Gasteiger partial charge in [-0.1, -0.05) is 0 Å². The summed E-state index contributed by atoms with van der Waals surface area (Å²) in [6.45, 7) is 1.99. The van der Waals surface area contributed by atoms with Gasteiger partial charge >= 0.3 is 0 Å². The zero-order chi connectivity index (χ0) is 13.8. The smallest absolute Gasteiger partial charge is 0.254 e. The second kappa shape index (κ2) is 5.51. The number of nitrogens with zero attached hydrogens (tertiary/aromatic N) is 3. The summed E-state index contributed by atoms with van der Waals surface area (Å²) in [5.41, 5.74) is 0.571. The van der Waals surface area contributed by atoms with Gasteiger partial charge in [0, 0.05) is 32.7 Å². The molecule has 0 saturated heterocycles. The topological polar surface area (TPSA) is 73.9 Å². The Labute approximate surface area is 111 Å². The Kier molecular flexibility index (Phi) is 3.79. The third-order valence-electron chi connectivity index (χ3n) is 2.71. The fourth-order valence-electron chi connectivity index (χ4n) is 1.67. The van der Waals surface area contributed by atoms with E-state index in [1.165, 1.54) is 4.90 Å². The van der Waals surface area contributed by atoms with Gasteiger partial charge in [0.25, 0.3) is 5.91 Å². The minimum Gasteiger partial charge on any atom is -0.360 e.